The van der Waals surface area contributed by atoms with E-state index in [4.69, 9.17) is 0 Å². The van der Waals surface area contributed by atoms with Crippen LogP contribution in [-0.2, 0) is 45.4 Å². The van der Waals surface area contributed by atoms with Crippen molar-refractivity contribution in [1.82, 2.24) is 0 Å². The molecule has 8 unspecified atom stereocenters. The summed E-state index contributed by atoms with van der Waals surface area (Å²) < 4.78 is 0. The molecule has 9 heteroatoms. The Morgan fingerprint density at radius 3 is 0.852 bits per heavy atom. The van der Waals surface area contributed by atoms with Crippen LogP contribution in [0.3, 0.4) is 0 Å². The molecule has 27 heavy (non-hydrogen) atoms. The van der Waals surface area contributed by atoms with Crippen molar-refractivity contribution in [3.63, 3.8) is 0 Å². The predicted octanol–water partition coefficient (Wildman–Crippen LogP) is -4.15. The molecule has 0 amide bonds. The van der Waals surface area contributed by atoms with Crippen LogP contribution in [0.5, 0.6) is 0 Å². The zero-order chi connectivity index (χ0) is 19.2. The number of rotatable bonds is 4. The average molecular weight is 452 g/mol. The van der Waals surface area contributed by atoms with Gasteiger partial charge in [-0.05, 0) is 36.5 Å². The van der Waals surface area contributed by atoms with Gasteiger partial charge < -0.3 is 39.6 Å². The van der Waals surface area contributed by atoms with Gasteiger partial charge in [-0.25, -0.2) is 0 Å². The Morgan fingerprint density at radius 2 is 0.704 bits per heavy atom. The summed E-state index contributed by atoms with van der Waals surface area (Å²) in [7, 11) is 0. The number of carboxylic acid groups (broad SMARTS) is 4. The van der Waals surface area contributed by atoms with E-state index in [1.54, 1.807) is 24.3 Å². The maximum atomic E-state index is 10.7. The zero-order valence-electron chi connectivity index (χ0n) is 14.1. The van der Waals surface area contributed by atoms with E-state index in [0.29, 0.717) is 12.8 Å². The monoisotopic (exact) mass is 450 g/mol. The molecular weight excluding hydrogens is 435 g/mol. The van der Waals surface area contributed by atoms with E-state index < -0.39 is 47.5 Å². The Balaban J connectivity index is 0.000000187. The fourth-order valence-electron chi connectivity index (χ4n) is 4.93. The van der Waals surface area contributed by atoms with Crippen LogP contribution in [0.4, 0.5) is 0 Å². The van der Waals surface area contributed by atoms with Gasteiger partial charge in [0.1, 0.15) is 0 Å². The number of carbonyl (C=O) groups is 4. The maximum absolute atomic E-state index is 10.7. The van der Waals surface area contributed by atoms with Crippen molar-refractivity contribution < 1.29 is 65.8 Å². The first-order valence-electron chi connectivity index (χ1n) is 8.42. The van der Waals surface area contributed by atoms with E-state index in [2.05, 4.69) is 0 Å². The third-order valence-corrected chi connectivity index (χ3v) is 6.01. The second-order valence-corrected chi connectivity index (χ2v) is 7.28. The van der Waals surface area contributed by atoms with E-state index in [-0.39, 0.29) is 49.9 Å². The van der Waals surface area contributed by atoms with Crippen LogP contribution < -0.4 is 20.4 Å². The Morgan fingerprint density at radius 1 is 0.519 bits per heavy atom. The van der Waals surface area contributed by atoms with Gasteiger partial charge in [0.25, 0.3) is 0 Å². The summed E-state index contributed by atoms with van der Waals surface area (Å²) in [6.45, 7) is 0. The van der Waals surface area contributed by atoms with Crippen molar-refractivity contribution in [2.45, 2.75) is 12.8 Å². The van der Waals surface area contributed by atoms with Crippen LogP contribution in [-0.4, -0.2) is 23.9 Å². The third-order valence-electron chi connectivity index (χ3n) is 6.01. The van der Waals surface area contributed by atoms with Crippen LogP contribution in [0, 0.1) is 47.3 Å². The van der Waals surface area contributed by atoms with E-state index in [9.17, 15) is 39.6 Å². The van der Waals surface area contributed by atoms with Crippen molar-refractivity contribution in [3.8, 4) is 0 Å². The van der Waals surface area contributed by atoms with Gasteiger partial charge in [0.15, 0.2) is 0 Å². The minimum Gasteiger partial charge on any atom is -0.550 e. The molecule has 4 aliphatic rings. The molecule has 4 bridgehead atoms. The van der Waals surface area contributed by atoms with Gasteiger partial charge in [-0.3, -0.25) is 0 Å². The largest absolute Gasteiger partial charge is 4.00 e. The summed E-state index contributed by atoms with van der Waals surface area (Å²) >= 11 is 0. The fourth-order valence-corrected chi connectivity index (χ4v) is 4.93. The molecule has 140 valence electrons. The molecule has 0 radical (unpaired) electrons. The molecule has 4 aliphatic carbocycles. The van der Waals surface area contributed by atoms with Gasteiger partial charge in [0, 0.05) is 47.5 Å². The van der Waals surface area contributed by atoms with Crippen LogP contribution in [0.1, 0.15) is 12.8 Å². The first-order valence-corrected chi connectivity index (χ1v) is 8.42. The quantitative estimate of drug-likeness (QED) is 0.389. The standard InChI is InChI=1S/2C9H10O4.Zr/c2*10-8(11)6-4-1-2-5(3-4)7(6)9(12)13;/h2*1-2,4-7H,3H2,(H,10,11)(H,12,13);/q;;+4/p-4. The summed E-state index contributed by atoms with van der Waals surface area (Å²) in [6, 6.07) is 0. The van der Waals surface area contributed by atoms with Crippen molar-refractivity contribution in [3.05, 3.63) is 24.3 Å². The molecule has 2 fully saturated rings. The average Bonchev–Trinajstić information content (AvgIpc) is 3.32. The van der Waals surface area contributed by atoms with Crippen molar-refractivity contribution in [2.24, 2.45) is 47.3 Å². The Kier molecular flexibility index (Phi) is 6.45. The van der Waals surface area contributed by atoms with Gasteiger partial charge in [0.05, 0.1) is 0 Å². The summed E-state index contributed by atoms with van der Waals surface area (Å²) in [5.41, 5.74) is 0. The molecule has 0 spiro atoms. The van der Waals surface area contributed by atoms with Gasteiger partial charge in [0.2, 0.25) is 0 Å². The van der Waals surface area contributed by atoms with E-state index >= 15 is 0 Å². The molecule has 0 N–H and O–H groups in total. The van der Waals surface area contributed by atoms with Crippen LogP contribution in [0.15, 0.2) is 24.3 Å². The van der Waals surface area contributed by atoms with E-state index in [1.807, 2.05) is 0 Å². The van der Waals surface area contributed by atoms with Crippen molar-refractivity contribution >= 4 is 23.9 Å². The van der Waals surface area contributed by atoms with Gasteiger partial charge in [-0.15, -0.1) is 0 Å². The summed E-state index contributed by atoms with van der Waals surface area (Å²) in [5.74, 6) is -9.32. The minimum absolute atomic E-state index is 0. The van der Waals surface area contributed by atoms with Crippen LogP contribution in [0.25, 0.3) is 0 Å². The van der Waals surface area contributed by atoms with Crippen LogP contribution >= 0.6 is 0 Å². The molecule has 2 saturated carbocycles. The minimum atomic E-state index is -1.27. The second kappa shape index (κ2) is 8.09. The molecule has 8 atom stereocenters. The number of carbonyl (C=O) groups excluding carboxylic acids is 4. The molecule has 0 aliphatic heterocycles. The number of fused-ring (bicyclic) bond motifs is 4. The number of allylic oxidation sites excluding steroid dienone is 4. The third kappa shape index (κ3) is 3.79. The Hall–Kier alpha value is -1.76. The number of hydrogen-bond donors (Lipinski definition) is 0. The second-order valence-electron chi connectivity index (χ2n) is 7.28. The molecular formula is C18H16O8Zr. The van der Waals surface area contributed by atoms with Gasteiger partial charge in [-0.1, -0.05) is 24.3 Å². The predicted molar refractivity (Wildman–Crippen MR) is 75.5 cm³/mol. The van der Waals surface area contributed by atoms with E-state index in [0.717, 1.165) is 0 Å². The summed E-state index contributed by atoms with van der Waals surface area (Å²) in [6.07, 6.45) is 8.29. The topological polar surface area (TPSA) is 161 Å². The SMILES string of the molecule is O=C([O-])C1C2C=CC(C2)C1C(=O)[O-].O=C([O-])C1C2C=CC(C2)C1C(=O)[O-].[Zr+4]. The van der Waals surface area contributed by atoms with Crippen LogP contribution in [0.2, 0.25) is 0 Å². The fraction of sp³-hybridized carbons (Fsp3) is 0.556. The first kappa shape index (κ1) is 21.5. The Labute approximate surface area is 174 Å². The summed E-state index contributed by atoms with van der Waals surface area (Å²) in [5, 5.41) is 42.7. The number of aliphatic carboxylic acids is 4. The smallest absolute Gasteiger partial charge is 0.550 e. The summed E-state index contributed by atoms with van der Waals surface area (Å²) in [4.78, 5) is 42.7. The van der Waals surface area contributed by atoms with Crippen molar-refractivity contribution in [2.75, 3.05) is 0 Å². The molecule has 0 aromatic heterocycles. The Bertz CT molecular complexity index is 598. The first-order chi connectivity index (χ1) is 12.2. The molecule has 0 saturated heterocycles. The molecule has 4 rings (SSSR count). The van der Waals surface area contributed by atoms with Crippen molar-refractivity contribution in [1.29, 1.82) is 0 Å². The molecule has 0 aromatic carbocycles. The van der Waals surface area contributed by atoms with E-state index in [1.165, 1.54) is 0 Å². The maximum Gasteiger partial charge on any atom is 4.00 e. The van der Waals surface area contributed by atoms with Gasteiger partial charge >= 0.3 is 26.2 Å². The normalized spacial score (nSPS) is 39.4. The van der Waals surface area contributed by atoms with Gasteiger partial charge in [-0.2, -0.15) is 0 Å². The molecule has 8 nitrogen and oxygen atoms in total. The number of carboxylic acids is 4. The molecule has 0 aromatic rings. The molecule has 0 heterocycles. The zero-order valence-corrected chi connectivity index (χ0v) is 16.6. The number of hydrogen-bond acceptors (Lipinski definition) is 8.